The van der Waals surface area contributed by atoms with Gasteiger partial charge in [0.1, 0.15) is 0 Å². The first-order chi connectivity index (χ1) is 5.11. The highest BCUT2D eigenvalue weighted by Crippen LogP contribution is 2.10. The fourth-order valence-electron chi connectivity index (χ4n) is 0.591. The van der Waals surface area contributed by atoms with Crippen molar-refractivity contribution < 1.29 is 28.3 Å². The van der Waals surface area contributed by atoms with Crippen molar-refractivity contribution in [1.29, 1.82) is 0 Å². The van der Waals surface area contributed by atoms with Gasteiger partial charge in [-0.3, -0.25) is 0 Å². The second kappa shape index (κ2) is 3.46. The Morgan fingerprint density at radius 3 is 2.73 bits per heavy atom. The van der Waals surface area contributed by atoms with E-state index in [-0.39, 0.29) is 13.0 Å². The Kier molecular flexibility index (Phi) is 2.79. The molecule has 1 fully saturated rings. The predicted molar refractivity (Wildman–Crippen MR) is 32.5 cm³/mol. The van der Waals surface area contributed by atoms with Gasteiger partial charge in [0.2, 0.25) is 0 Å². The fraction of sp³-hybridized carbons (Fsp3) is 1.00. The summed E-state index contributed by atoms with van der Waals surface area (Å²) in [5.41, 5.74) is -1.01. The summed E-state index contributed by atoms with van der Waals surface area (Å²) in [5.74, 6) is 0. The molecule has 11 heavy (non-hydrogen) atoms. The predicted octanol–water partition coefficient (Wildman–Crippen LogP) is -0.428. The maximum absolute atomic E-state index is 10.8. The van der Waals surface area contributed by atoms with Crippen LogP contribution in [0.5, 0.6) is 0 Å². The van der Waals surface area contributed by atoms with Gasteiger partial charge in [-0.2, -0.15) is 4.89 Å². The molecule has 66 valence electrons. The average Bonchev–Trinajstić information content (AvgIpc) is 2.10. The molecule has 0 bridgehead atoms. The molecule has 1 aliphatic heterocycles. The van der Waals surface area contributed by atoms with Gasteiger partial charge in [0.25, 0.3) is 0 Å². The molecule has 0 aliphatic carbocycles. The van der Waals surface area contributed by atoms with Crippen LogP contribution in [0.25, 0.3) is 0 Å². The van der Waals surface area contributed by atoms with Gasteiger partial charge in [-0.15, -0.1) is 0 Å². The van der Waals surface area contributed by atoms with Gasteiger partial charge in [0.15, 0.2) is 15.3 Å². The quantitative estimate of drug-likeness (QED) is 0.515. The highest BCUT2D eigenvalue weighted by atomic mass is 32.2. The van der Waals surface area contributed by atoms with Gasteiger partial charge in [0.05, 0.1) is 6.61 Å². The summed E-state index contributed by atoms with van der Waals surface area (Å²) in [6, 6.07) is 0. The second-order valence-electron chi connectivity index (χ2n) is 2.10. The number of hydrogen-bond acceptors (Lipinski definition) is 6. The van der Waals surface area contributed by atoms with Crippen LogP contribution in [0.4, 0.5) is 0 Å². The number of sulfone groups is 1. The number of rotatable bonds is 1. The zero-order chi connectivity index (χ0) is 8.32. The molecule has 0 spiro atoms. The lowest BCUT2D eigenvalue weighted by molar-refractivity contribution is -0.625. The smallest absolute Gasteiger partial charge is 0.199 e. The van der Waals surface area contributed by atoms with E-state index in [1.54, 1.807) is 0 Å². The van der Waals surface area contributed by atoms with Gasteiger partial charge in [-0.25, -0.2) is 13.3 Å². The minimum absolute atomic E-state index is 0.123. The molecular weight excluding hydrogens is 176 g/mol. The lowest BCUT2D eigenvalue weighted by Crippen LogP contribution is -2.22. The van der Waals surface area contributed by atoms with Crippen molar-refractivity contribution >= 4 is 9.84 Å². The van der Waals surface area contributed by atoms with Crippen LogP contribution in [0.1, 0.15) is 6.42 Å². The molecule has 0 aromatic rings. The third-order valence-corrected chi connectivity index (χ3v) is 2.41. The van der Waals surface area contributed by atoms with E-state index in [4.69, 9.17) is 0 Å². The monoisotopic (exact) mass is 184 g/mol. The third-order valence-electron chi connectivity index (χ3n) is 1.14. The van der Waals surface area contributed by atoms with E-state index in [0.717, 1.165) is 6.26 Å². The standard InChI is InChI=1S/C4H8O6S/c1-11(5,6)4-2-3-7-9-10-8-4/h4H,2-3H2,1H3. The Hall–Kier alpha value is -0.210. The molecule has 1 saturated heterocycles. The van der Waals surface area contributed by atoms with Crippen LogP contribution in [0.3, 0.4) is 0 Å². The van der Waals surface area contributed by atoms with Crippen molar-refractivity contribution in [2.24, 2.45) is 0 Å². The van der Waals surface area contributed by atoms with Gasteiger partial charge in [-0.05, 0) is 10.1 Å². The molecule has 0 aromatic heterocycles. The molecule has 1 unspecified atom stereocenters. The van der Waals surface area contributed by atoms with E-state index in [9.17, 15) is 8.42 Å². The third kappa shape index (κ3) is 2.72. The summed E-state index contributed by atoms with van der Waals surface area (Å²) in [6.07, 6.45) is 1.24. The highest BCUT2D eigenvalue weighted by Gasteiger charge is 2.25. The molecule has 0 amide bonds. The van der Waals surface area contributed by atoms with Crippen LogP contribution < -0.4 is 0 Å². The van der Waals surface area contributed by atoms with Crippen molar-refractivity contribution in [1.82, 2.24) is 0 Å². The van der Waals surface area contributed by atoms with Crippen LogP contribution in [0.15, 0.2) is 0 Å². The Bertz CT molecular complexity index is 201. The Morgan fingerprint density at radius 2 is 2.09 bits per heavy atom. The summed E-state index contributed by atoms with van der Waals surface area (Å²) in [5, 5.41) is 7.87. The lowest BCUT2D eigenvalue weighted by atomic mass is 10.5. The van der Waals surface area contributed by atoms with Crippen LogP contribution in [0, 0.1) is 0 Å². The molecule has 0 radical (unpaired) electrons. The van der Waals surface area contributed by atoms with Gasteiger partial charge < -0.3 is 0 Å². The van der Waals surface area contributed by atoms with E-state index in [1.807, 2.05) is 0 Å². The summed E-state index contributed by atoms with van der Waals surface area (Å²) in [6.45, 7) is 0.123. The first-order valence-electron chi connectivity index (χ1n) is 2.91. The summed E-state index contributed by atoms with van der Waals surface area (Å²) >= 11 is 0. The van der Waals surface area contributed by atoms with E-state index in [1.165, 1.54) is 0 Å². The minimum atomic E-state index is -3.26. The van der Waals surface area contributed by atoms with Crippen molar-refractivity contribution in [3.8, 4) is 0 Å². The highest BCUT2D eigenvalue weighted by molar-refractivity contribution is 7.91. The van der Waals surface area contributed by atoms with Crippen LogP contribution in [-0.2, 0) is 29.7 Å². The van der Waals surface area contributed by atoms with Gasteiger partial charge >= 0.3 is 0 Å². The fourth-order valence-corrected chi connectivity index (χ4v) is 1.29. The van der Waals surface area contributed by atoms with E-state index in [0.29, 0.717) is 0 Å². The minimum Gasteiger partial charge on any atom is -0.226 e. The Labute approximate surface area is 63.7 Å². The molecule has 0 saturated carbocycles. The lowest BCUT2D eigenvalue weighted by Gasteiger charge is -2.06. The molecule has 1 rings (SSSR count). The Balaban J connectivity index is 2.57. The van der Waals surface area contributed by atoms with Crippen LogP contribution in [-0.4, -0.2) is 26.7 Å². The zero-order valence-electron chi connectivity index (χ0n) is 5.85. The van der Waals surface area contributed by atoms with E-state index >= 15 is 0 Å². The topological polar surface area (TPSA) is 71.1 Å². The normalized spacial score (nSPS) is 27.9. The molecule has 1 aliphatic rings. The molecule has 0 N–H and O–H groups in total. The maximum atomic E-state index is 10.8. The second-order valence-corrected chi connectivity index (χ2v) is 4.29. The van der Waals surface area contributed by atoms with Crippen molar-refractivity contribution in [2.75, 3.05) is 12.9 Å². The van der Waals surface area contributed by atoms with E-state index in [2.05, 4.69) is 19.9 Å². The van der Waals surface area contributed by atoms with Crippen molar-refractivity contribution in [3.05, 3.63) is 0 Å². The first kappa shape index (κ1) is 8.88. The summed E-state index contributed by atoms with van der Waals surface area (Å²) < 4.78 is 21.6. The molecule has 1 atom stereocenters. The van der Waals surface area contributed by atoms with E-state index < -0.39 is 15.3 Å². The maximum Gasteiger partial charge on any atom is 0.199 e. The largest absolute Gasteiger partial charge is 0.226 e. The number of hydrogen-bond donors (Lipinski definition) is 0. The molecule has 0 aromatic carbocycles. The van der Waals surface area contributed by atoms with Crippen molar-refractivity contribution in [3.63, 3.8) is 0 Å². The van der Waals surface area contributed by atoms with Crippen molar-refractivity contribution in [2.45, 2.75) is 11.9 Å². The molecular formula is C4H8O6S. The van der Waals surface area contributed by atoms with Gasteiger partial charge in [0, 0.05) is 12.7 Å². The average molecular weight is 184 g/mol. The Morgan fingerprint density at radius 1 is 1.36 bits per heavy atom. The van der Waals surface area contributed by atoms with Gasteiger partial charge in [-0.1, -0.05) is 0 Å². The SMILES string of the molecule is CS(=O)(=O)C1CCOOOO1. The first-order valence-corrected chi connectivity index (χ1v) is 4.86. The zero-order valence-corrected chi connectivity index (χ0v) is 6.67. The molecule has 6 nitrogen and oxygen atoms in total. The molecule has 1 heterocycles. The summed E-state index contributed by atoms with van der Waals surface area (Å²) in [7, 11) is -3.26. The van der Waals surface area contributed by atoms with Crippen LogP contribution in [0.2, 0.25) is 0 Å². The van der Waals surface area contributed by atoms with Crippen LogP contribution >= 0.6 is 0 Å². The molecule has 7 heteroatoms. The summed E-state index contributed by atoms with van der Waals surface area (Å²) in [4.78, 5) is 8.64.